The van der Waals surface area contributed by atoms with E-state index in [2.05, 4.69) is 246 Å². The number of fused-ring (bicyclic) bond motifs is 6. The van der Waals surface area contributed by atoms with E-state index in [1.54, 1.807) is 0 Å². The molecule has 5 aliphatic carbocycles. The van der Waals surface area contributed by atoms with E-state index >= 15 is 0 Å². The van der Waals surface area contributed by atoms with Gasteiger partial charge in [0, 0.05) is 56.0 Å². The fourth-order valence-electron chi connectivity index (χ4n) is 14.8. The molecule has 0 fully saturated rings. The second kappa shape index (κ2) is 19.0. The summed E-state index contributed by atoms with van der Waals surface area (Å²) in [4.78, 5) is 32.0. The van der Waals surface area contributed by atoms with Crippen molar-refractivity contribution in [2.45, 2.75) is 50.4 Å². The van der Waals surface area contributed by atoms with Crippen molar-refractivity contribution in [1.29, 1.82) is 0 Å². The second-order valence-corrected chi connectivity index (χ2v) is 24.5. The number of nitrogens with zero attached hydrogens (tertiary/aromatic N) is 6. The maximum absolute atomic E-state index is 5.43. The molecule has 2 aromatic heterocycles. The zero-order chi connectivity index (χ0) is 57.4. The van der Waals surface area contributed by atoms with Gasteiger partial charge in [0.25, 0.3) is 0 Å². The van der Waals surface area contributed by atoms with Crippen LogP contribution in [0.4, 0.5) is 0 Å². The van der Waals surface area contributed by atoms with E-state index in [1.165, 1.54) is 77.9 Å². The van der Waals surface area contributed by atoms with Gasteiger partial charge in [-0.3, -0.25) is 0 Å². The monoisotopic (exact) mass is 1100 g/mol. The van der Waals surface area contributed by atoms with Crippen LogP contribution in [0.2, 0.25) is 0 Å². The molecule has 0 radical (unpaired) electrons. The summed E-state index contributed by atoms with van der Waals surface area (Å²) < 4.78 is 0. The summed E-state index contributed by atoms with van der Waals surface area (Å²) in [6, 6.07) is 91.9. The third-order valence-electron chi connectivity index (χ3n) is 19.0. The molecule has 406 valence electrons. The van der Waals surface area contributed by atoms with E-state index in [-0.39, 0.29) is 22.7 Å². The van der Waals surface area contributed by atoms with Crippen LogP contribution in [-0.2, 0) is 10.8 Å². The molecule has 18 rings (SSSR count). The maximum atomic E-state index is 5.43. The van der Waals surface area contributed by atoms with Crippen LogP contribution in [0.5, 0.6) is 0 Å². The molecular weight excluding hydrogens is 1040 g/mol. The van der Waals surface area contributed by atoms with Crippen molar-refractivity contribution in [3.63, 3.8) is 0 Å². The average molecular weight is 1100 g/mol. The zero-order valence-electron chi connectivity index (χ0n) is 48.1. The lowest BCUT2D eigenvalue weighted by molar-refractivity contribution is 0.660. The fraction of sp³-hybridized carbons (Fsp3) is 0.100. The molecule has 86 heavy (non-hydrogen) atoms. The van der Waals surface area contributed by atoms with E-state index in [4.69, 9.17) is 29.9 Å². The third-order valence-corrected chi connectivity index (χ3v) is 19.0. The molecule has 0 amide bonds. The highest BCUT2D eigenvalue weighted by molar-refractivity contribution is 5.90. The molecule has 0 N–H and O–H groups in total. The molecule has 0 spiro atoms. The molecule has 0 saturated heterocycles. The van der Waals surface area contributed by atoms with E-state index in [9.17, 15) is 0 Å². The largest absolute Gasteiger partial charge is 0.208 e. The number of hydrogen-bond donors (Lipinski definition) is 0. The molecular formula is C80H56N6. The van der Waals surface area contributed by atoms with Gasteiger partial charge in [0.2, 0.25) is 0 Å². The van der Waals surface area contributed by atoms with Gasteiger partial charge in [0.1, 0.15) is 0 Å². The molecule has 13 aromatic rings. The van der Waals surface area contributed by atoms with Gasteiger partial charge in [-0.1, -0.05) is 258 Å². The molecule has 2 atom stereocenters. The standard InChI is InChI=1S/C80H56N6/c1-79(2)67-33-19-17-27-55(67)57-39-35-49(45-69(57)79)53-25-11-15-31-63(53)77-83-73(47-21-7-5-8-22-47)81-75(85-77)51-37-41-61-65(43-51)71-59-29-13-14-30-60(59)72(61)66-44-52(38-42-62(66)71)76-82-74(48-23-9-6-10-24-48)84-78(86-76)64-32-16-12-26-54(64)50-36-40-58-56-28-18-20-34-68(56)80(3,4)70(58)46-50/h5-46,71-72H,1-4H3. The van der Waals surface area contributed by atoms with Gasteiger partial charge in [-0.05, 0) is 124 Å². The summed E-state index contributed by atoms with van der Waals surface area (Å²) in [5, 5.41) is 0. The Morgan fingerprint density at radius 2 is 0.512 bits per heavy atom. The van der Waals surface area contributed by atoms with Crippen molar-refractivity contribution in [2.75, 3.05) is 0 Å². The minimum Gasteiger partial charge on any atom is -0.208 e. The Morgan fingerprint density at radius 1 is 0.209 bits per heavy atom. The first-order valence-corrected chi connectivity index (χ1v) is 29.8. The predicted molar refractivity (Wildman–Crippen MR) is 347 cm³/mol. The lowest BCUT2D eigenvalue weighted by atomic mass is 9.61. The smallest absolute Gasteiger partial charge is 0.164 e. The van der Waals surface area contributed by atoms with Gasteiger partial charge in [-0.15, -0.1) is 0 Å². The summed E-state index contributed by atoms with van der Waals surface area (Å²) in [5.74, 6) is 3.75. The zero-order valence-corrected chi connectivity index (χ0v) is 48.1. The third kappa shape index (κ3) is 7.65. The number of aromatic nitrogens is 6. The Morgan fingerprint density at radius 3 is 0.930 bits per heavy atom. The minimum atomic E-state index is -0.137. The van der Waals surface area contributed by atoms with Crippen molar-refractivity contribution in [1.82, 2.24) is 29.9 Å². The topological polar surface area (TPSA) is 77.3 Å². The molecule has 0 saturated carbocycles. The Bertz CT molecular complexity index is 4650. The van der Waals surface area contributed by atoms with Crippen molar-refractivity contribution in [3.8, 4) is 113 Å². The summed E-state index contributed by atoms with van der Waals surface area (Å²) in [6.07, 6.45) is 0. The predicted octanol–water partition coefficient (Wildman–Crippen LogP) is 19.0. The molecule has 2 heterocycles. The van der Waals surface area contributed by atoms with Crippen LogP contribution in [0.15, 0.2) is 255 Å². The average Bonchev–Trinajstić information content (AvgIpc) is 1.23. The van der Waals surface area contributed by atoms with Gasteiger partial charge in [0.15, 0.2) is 34.9 Å². The Kier molecular flexibility index (Phi) is 11.0. The highest BCUT2D eigenvalue weighted by atomic mass is 15.0. The van der Waals surface area contributed by atoms with E-state index in [0.29, 0.717) is 34.9 Å². The Labute approximate surface area is 500 Å². The van der Waals surface area contributed by atoms with Crippen LogP contribution in [0.25, 0.3) is 113 Å². The first kappa shape index (κ1) is 50.0. The Balaban J connectivity index is 0.768. The quantitative estimate of drug-likeness (QED) is 0.151. The first-order chi connectivity index (χ1) is 42.1. The highest BCUT2D eigenvalue weighted by Crippen LogP contribution is 2.57. The minimum absolute atomic E-state index is 0.0215. The van der Waals surface area contributed by atoms with E-state index < -0.39 is 0 Å². The summed E-state index contributed by atoms with van der Waals surface area (Å²) in [5.41, 5.74) is 28.1. The van der Waals surface area contributed by atoms with Gasteiger partial charge in [0.05, 0.1) is 0 Å². The van der Waals surface area contributed by atoms with Gasteiger partial charge in [-0.25, -0.2) is 29.9 Å². The van der Waals surface area contributed by atoms with Gasteiger partial charge < -0.3 is 0 Å². The SMILES string of the molecule is CC1(C)c2ccccc2-c2ccc(-c3ccccc3-c3nc(-c4ccccc4)nc(-c4ccc5c(c4)C4c6ccccc6C5c5cc(-c6nc(-c7ccccc7)nc(-c7ccccc7-c7ccc8c(c7)C(C)(C)c7ccccc7-8)n6)ccc54)n3)cc21. The van der Waals surface area contributed by atoms with Gasteiger partial charge in [-0.2, -0.15) is 0 Å². The lowest BCUT2D eigenvalue weighted by Gasteiger charge is -2.42. The van der Waals surface area contributed by atoms with E-state index in [0.717, 1.165) is 55.6 Å². The molecule has 11 aromatic carbocycles. The normalized spacial score (nSPS) is 15.6. The second-order valence-electron chi connectivity index (χ2n) is 24.5. The first-order valence-electron chi connectivity index (χ1n) is 29.8. The summed E-state index contributed by atoms with van der Waals surface area (Å²) in [6.45, 7) is 9.34. The van der Waals surface area contributed by atoms with Crippen LogP contribution in [0.3, 0.4) is 0 Å². The molecule has 0 aliphatic heterocycles. The van der Waals surface area contributed by atoms with Crippen LogP contribution >= 0.6 is 0 Å². The maximum Gasteiger partial charge on any atom is 0.164 e. The van der Waals surface area contributed by atoms with Crippen LogP contribution in [0, 0.1) is 0 Å². The van der Waals surface area contributed by atoms with Crippen LogP contribution in [-0.4, -0.2) is 29.9 Å². The molecule has 6 nitrogen and oxygen atoms in total. The van der Waals surface area contributed by atoms with E-state index in [1.807, 2.05) is 36.4 Å². The fourth-order valence-corrected chi connectivity index (χ4v) is 14.8. The molecule has 2 unspecified atom stereocenters. The van der Waals surface area contributed by atoms with Crippen LogP contribution < -0.4 is 0 Å². The molecule has 5 aliphatic rings. The Hall–Kier alpha value is -10.6. The van der Waals surface area contributed by atoms with Crippen molar-refractivity contribution in [3.05, 3.63) is 310 Å². The van der Waals surface area contributed by atoms with Crippen molar-refractivity contribution >= 4 is 0 Å². The summed E-state index contributed by atoms with van der Waals surface area (Å²) >= 11 is 0. The summed E-state index contributed by atoms with van der Waals surface area (Å²) in [7, 11) is 0. The lowest BCUT2D eigenvalue weighted by Crippen LogP contribution is -2.27. The van der Waals surface area contributed by atoms with Gasteiger partial charge >= 0.3 is 0 Å². The van der Waals surface area contributed by atoms with Crippen LogP contribution in [0.1, 0.15) is 95.2 Å². The number of benzene rings is 11. The van der Waals surface area contributed by atoms with Crippen molar-refractivity contribution in [2.24, 2.45) is 0 Å². The number of rotatable bonds is 8. The highest BCUT2D eigenvalue weighted by Gasteiger charge is 2.42. The molecule has 2 bridgehead atoms. The number of hydrogen-bond acceptors (Lipinski definition) is 6. The van der Waals surface area contributed by atoms with Crippen molar-refractivity contribution < 1.29 is 0 Å². The molecule has 6 heteroatoms.